The Bertz CT molecular complexity index is 966. The summed E-state index contributed by atoms with van der Waals surface area (Å²) in [4.78, 5) is 12.8. The molecule has 0 aliphatic rings. The van der Waals surface area contributed by atoms with Gasteiger partial charge in [-0.25, -0.2) is 0 Å². The number of ether oxygens (including phenoxy) is 3. The number of benzene rings is 2. The van der Waals surface area contributed by atoms with Crippen LogP contribution >= 0.6 is 0 Å². The smallest absolute Gasteiger partial charge is 0.274 e. The number of amides is 1. The molecular formula is C20H21N3O4. The second kappa shape index (κ2) is 7.82. The van der Waals surface area contributed by atoms with Gasteiger partial charge in [0.1, 0.15) is 22.9 Å². The van der Waals surface area contributed by atoms with Gasteiger partial charge < -0.3 is 19.5 Å². The summed E-state index contributed by atoms with van der Waals surface area (Å²) >= 11 is 0. The van der Waals surface area contributed by atoms with Gasteiger partial charge in [-0.05, 0) is 30.3 Å². The molecule has 0 saturated carbocycles. The highest BCUT2D eigenvalue weighted by molar-refractivity contribution is 6.04. The van der Waals surface area contributed by atoms with E-state index in [1.54, 1.807) is 52.6 Å². The van der Waals surface area contributed by atoms with Crippen molar-refractivity contribution >= 4 is 11.6 Å². The fraction of sp³-hybridized carbons (Fsp3) is 0.200. The van der Waals surface area contributed by atoms with Crippen molar-refractivity contribution in [3.63, 3.8) is 0 Å². The second-order valence-electron chi connectivity index (χ2n) is 5.79. The van der Waals surface area contributed by atoms with Crippen LogP contribution in [0.15, 0.2) is 48.5 Å². The van der Waals surface area contributed by atoms with E-state index in [2.05, 4.69) is 10.4 Å². The molecule has 2 aromatic carbocycles. The Labute approximate surface area is 157 Å². The number of methoxy groups -OCH3 is 3. The number of carbonyl (C=O) groups is 1. The summed E-state index contributed by atoms with van der Waals surface area (Å²) in [7, 11) is 6.44. The molecule has 1 amide bonds. The molecule has 1 N–H and O–H groups in total. The van der Waals surface area contributed by atoms with Crippen LogP contribution in [0.25, 0.3) is 11.3 Å². The number of hydrogen-bond donors (Lipinski definition) is 1. The van der Waals surface area contributed by atoms with Gasteiger partial charge >= 0.3 is 0 Å². The molecule has 140 valence electrons. The highest BCUT2D eigenvalue weighted by Crippen LogP contribution is 2.30. The van der Waals surface area contributed by atoms with Crippen molar-refractivity contribution in [2.75, 3.05) is 26.6 Å². The van der Waals surface area contributed by atoms with E-state index >= 15 is 0 Å². The van der Waals surface area contributed by atoms with Crippen LogP contribution in [-0.4, -0.2) is 37.0 Å². The summed E-state index contributed by atoms with van der Waals surface area (Å²) in [5.74, 6) is 1.59. The number of nitrogens with zero attached hydrogens (tertiary/aromatic N) is 2. The second-order valence-corrected chi connectivity index (χ2v) is 5.79. The van der Waals surface area contributed by atoms with E-state index in [9.17, 15) is 4.79 Å². The van der Waals surface area contributed by atoms with Gasteiger partial charge in [-0.2, -0.15) is 5.10 Å². The van der Waals surface area contributed by atoms with Crippen LogP contribution in [0.3, 0.4) is 0 Å². The number of carbonyl (C=O) groups excluding carboxylic acids is 1. The van der Waals surface area contributed by atoms with Gasteiger partial charge in [0, 0.05) is 18.7 Å². The first-order valence-electron chi connectivity index (χ1n) is 8.27. The average Bonchev–Trinajstić information content (AvgIpc) is 3.09. The number of rotatable bonds is 6. The molecule has 7 nitrogen and oxygen atoms in total. The molecule has 0 fully saturated rings. The highest BCUT2D eigenvalue weighted by Gasteiger charge is 2.17. The highest BCUT2D eigenvalue weighted by atomic mass is 16.5. The molecule has 1 heterocycles. The number of anilines is 1. The van der Waals surface area contributed by atoms with Crippen LogP contribution in [0.1, 0.15) is 10.5 Å². The number of nitrogens with one attached hydrogen (secondary N) is 1. The normalized spacial score (nSPS) is 10.4. The molecule has 0 unspecified atom stereocenters. The first-order chi connectivity index (χ1) is 13.0. The molecule has 1 aromatic heterocycles. The van der Waals surface area contributed by atoms with Gasteiger partial charge in [0.2, 0.25) is 0 Å². The minimum Gasteiger partial charge on any atom is -0.497 e. The zero-order chi connectivity index (χ0) is 19.4. The maximum atomic E-state index is 12.8. The predicted octanol–water partition coefficient (Wildman–Crippen LogP) is 3.37. The SMILES string of the molecule is COc1cccc(-c2cc(C(=O)Nc3cc(OC)ccc3OC)n(C)n2)c1. The minimum absolute atomic E-state index is 0.300. The largest absolute Gasteiger partial charge is 0.497 e. The molecule has 0 bridgehead atoms. The van der Waals surface area contributed by atoms with Gasteiger partial charge in [0.15, 0.2) is 0 Å². The van der Waals surface area contributed by atoms with Crippen LogP contribution < -0.4 is 19.5 Å². The zero-order valence-electron chi connectivity index (χ0n) is 15.6. The first kappa shape index (κ1) is 18.3. The topological polar surface area (TPSA) is 74.6 Å². The van der Waals surface area contributed by atoms with Crippen molar-refractivity contribution in [1.82, 2.24) is 9.78 Å². The van der Waals surface area contributed by atoms with Crippen LogP contribution in [0.5, 0.6) is 17.2 Å². The van der Waals surface area contributed by atoms with E-state index in [-0.39, 0.29) is 5.91 Å². The zero-order valence-corrected chi connectivity index (χ0v) is 15.6. The Morgan fingerprint density at radius 2 is 1.70 bits per heavy atom. The van der Waals surface area contributed by atoms with Gasteiger partial charge in [-0.15, -0.1) is 0 Å². The number of hydrogen-bond acceptors (Lipinski definition) is 5. The third-order valence-corrected chi connectivity index (χ3v) is 4.13. The minimum atomic E-state index is -0.300. The quantitative estimate of drug-likeness (QED) is 0.723. The first-order valence-corrected chi connectivity index (χ1v) is 8.27. The summed E-state index contributed by atoms with van der Waals surface area (Å²) in [5, 5.41) is 7.29. The lowest BCUT2D eigenvalue weighted by molar-refractivity contribution is 0.101. The third kappa shape index (κ3) is 3.87. The Kier molecular flexibility index (Phi) is 5.30. The van der Waals surface area contributed by atoms with Crippen LogP contribution in [0.4, 0.5) is 5.69 Å². The predicted molar refractivity (Wildman–Crippen MR) is 103 cm³/mol. The Balaban J connectivity index is 1.89. The maximum absolute atomic E-state index is 12.8. The van der Waals surface area contributed by atoms with E-state index in [1.165, 1.54) is 4.68 Å². The van der Waals surface area contributed by atoms with Crippen molar-refractivity contribution in [2.45, 2.75) is 0 Å². The number of aryl methyl sites for hydroxylation is 1. The Morgan fingerprint density at radius 3 is 2.41 bits per heavy atom. The van der Waals surface area contributed by atoms with Crippen molar-refractivity contribution in [1.29, 1.82) is 0 Å². The maximum Gasteiger partial charge on any atom is 0.274 e. The summed E-state index contributed by atoms with van der Waals surface area (Å²) in [5.41, 5.74) is 2.48. The molecule has 0 spiro atoms. The molecule has 0 saturated heterocycles. The van der Waals surface area contributed by atoms with Crippen LogP contribution in [0, 0.1) is 0 Å². The summed E-state index contributed by atoms with van der Waals surface area (Å²) in [6.07, 6.45) is 0. The van der Waals surface area contributed by atoms with Gasteiger partial charge in [-0.3, -0.25) is 9.48 Å². The van der Waals surface area contributed by atoms with E-state index < -0.39 is 0 Å². The molecule has 0 aliphatic heterocycles. The molecule has 0 aliphatic carbocycles. The van der Waals surface area contributed by atoms with E-state index in [4.69, 9.17) is 14.2 Å². The number of aromatic nitrogens is 2. The van der Waals surface area contributed by atoms with Gasteiger partial charge in [0.05, 0.1) is 32.7 Å². The Hall–Kier alpha value is -3.48. The van der Waals surface area contributed by atoms with Crippen LogP contribution in [-0.2, 0) is 7.05 Å². The lowest BCUT2D eigenvalue weighted by atomic mass is 10.1. The van der Waals surface area contributed by atoms with E-state index in [1.807, 2.05) is 24.3 Å². The fourth-order valence-electron chi connectivity index (χ4n) is 2.70. The molecule has 3 rings (SSSR count). The lowest BCUT2D eigenvalue weighted by Crippen LogP contribution is -2.16. The van der Waals surface area contributed by atoms with E-state index in [0.717, 1.165) is 11.3 Å². The van der Waals surface area contributed by atoms with E-state index in [0.29, 0.717) is 28.6 Å². The molecule has 0 radical (unpaired) electrons. The molecule has 27 heavy (non-hydrogen) atoms. The van der Waals surface area contributed by atoms with Crippen molar-refractivity contribution in [2.24, 2.45) is 7.05 Å². The van der Waals surface area contributed by atoms with Gasteiger partial charge in [-0.1, -0.05) is 12.1 Å². The molecule has 0 atom stereocenters. The monoisotopic (exact) mass is 367 g/mol. The van der Waals surface area contributed by atoms with Crippen LogP contribution in [0.2, 0.25) is 0 Å². The molecular weight excluding hydrogens is 346 g/mol. The molecule has 7 heteroatoms. The third-order valence-electron chi connectivity index (χ3n) is 4.13. The fourth-order valence-corrected chi connectivity index (χ4v) is 2.70. The lowest BCUT2D eigenvalue weighted by Gasteiger charge is -2.11. The molecule has 3 aromatic rings. The summed E-state index contributed by atoms with van der Waals surface area (Å²) in [6.45, 7) is 0. The Morgan fingerprint density at radius 1 is 0.963 bits per heavy atom. The average molecular weight is 367 g/mol. The standard InChI is InChI=1S/C20H21N3O4/c1-23-18(12-16(22-23)13-6-5-7-14(10-13)25-2)20(24)21-17-11-15(26-3)8-9-19(17)27-4/h5-12H,1-4H3,(H,21,24). The van der Waals surface area contributed by atoms with Crippen molar-refractivity contribution in [3.05, 3.63) is 54.2 Å². The summed E-state index contributed by atoms with van der Waals surface area (Å²) in [6, 6.07) is 14.5. The van der Waals surface area contributed by atoms with Crippen molar-refractivity contribution < 1.29 is 19.0 Å². The van der Waals surface area contributed by atoms with Crippen molar-refractivity contribution in [3.8, 4) is 28.5 Å². The van der Waals surface area contributed by atoms with Gasteiger partial charge in [0.25, 0.3) is 5.91 Å². The summed E-state index contributed by atoms with van der Waals surface area (Å²) < 4.78 is 17.3.